The van der Waals surface area contributed by atoms with Crippen LogP contribution in [0.15, 0.2) is 28.7 Å². The van der Waals surface area contributed by atoms with Crippen molar-refractivity contribution in [3.8, 4) is 11.6 Å². The molecule has 0 aliphatic heterocycles. The molecule has 1 aromatic carbocycles. The third-order valence-electron chi connectivity index (χ3n) is 2.23. The van der Waals surface area contributed by atoms with Crippen LogP contribution in [0.2, 0.25) is 5.02 Å². The van der Waals surface area contributed by atoms with Gasteiger partial charge in [-0.1, -0.05) is 27.5 Å². The Bertz CT molecular complexity index is 668. The predicted octanol–water partition coefficient (Wildman–Crippen LogP) is 3.99. The van der Waals surface area contributed by atoms with E-state index in [0.29, 0.717) is 10.5 Å². The standard InChI is InChI=1S/C11H7BrClF3N4O/c12-5-1-2-7(6(13)3-5)21-9-4-8(11(14,15)16)18-10(19-9)20-17/h1-4H,17H2,(H,18,19,20). The molecule has 1 aromatic heterocycles. The van der Waals surface area contributed by atoms with Crippen LogP contribution in [0, 0.1) is 0 Å². The van der Waals surface area contributed by atoms with Crippen LogP contribution in [-0.4, -0.2) is 9.97 Å². The van der Waals surface area contributed by atoms with E-state index >= 15 is 0 Å². The molecule has 112 valence electrons. The number of benzene rings is 1. The number of hydrogen-bond acceptors (Lipinski definition) is 5. The maximum atomic E-state index is 12.7. The van der Waals surface area contributed by atoms with Gasteiger partial charge in [0.05, 0.1) is 5.02 Å². The minimum Gasteiger partial charge on any atom is -0.437 e. The number of hydrogen-bond donors (Lipinski definition) is 2. The lowest BCUT2D eigenvalue weighted by atomic mass is 10.3. The van der Waals surface area contributed by atoms with Gasteiger partial charge in [0, 0.05) is 10.5 Å². The van der Waals surface area contributed by atoms with Crippen molar-refractivity contribution in [2.24, 2.45) is 5.84 Å². The zero-order valence-electron chi connectivity index (χ0n) is 10.1. The Kier molecular flexibility index (Phi) is 4.55. The van der Waals surface area contributed by atoms with Crippen LogP contribution in [0.1, 0.15) is 5.69 Å². The minimum atomic E-state index is -4.66. The van der Waals surface area contributed by atoms with Gasteiger partial charge in [-0.3, -0.25) is 5.43 Å². The van der Waals surface area contributed by atoms with Crippen molar-refractivity contribution in [1.29, 1.82) is 0 Å². The molecule has 2 rings (SSSR count). The number of ether oxygens (including phenoxy) is 1. The molecular formula is C11H7BrClF3N4O. The summed E-state index contributed by atoms with van der Waals surface area (Å²) in [5, 5.41) is 0.207. The van der Waals surface area contributed by atoms with Gasteiger partial charge >= 0.3 is 6.18 Å². The summed E-state index contributed by atoms with van der Waals surface area (Å²) < 4.78 is 44.1. The van der Waals surface area contributed by atoms with E-state index < -0.39 is 17.8 Å². The fourth-order valence-electron chi connectivity index (χ4n) is 1.36. The highest BCUT2D eigenvalue weighted by Gasteiger charge is 2.34. The second-order valence-corrected chi connectivity index (χ2v) is 5.06. The molecule has 0 spiro atoms. The molecule has 0 unspecified atom stereocenters. The SMILES string of the molecule is NNc1nc(Oc2ccc(Br)cc2Cl)cc(C(F)(F)F)n1. The molecule has 0 aliphatic rings. The molecule has 3 N–H and O–H groups in total. The molecular weight excluding hydrogens is 376 g/mol. The summed E-state index contributed by atoms with van der Waals surface area (Å²) >= 11 is 9.12. The van der Waals surface area contributed by atoms with Crippen LogP contribution in [-0.2, 0) is 6.18 Å². The molecule has 0 aliphatic carbocycles. The quantitative estimate of drug-likeness (QED) is 0.619. The third kappa shape index (κ3) is 3.96. The van der Waals surface area contributed by atoms with Gasteiger partial charge in [0.1, 0.15) is 5.75 Å². The molecule has 10 heteroatoms. The molecule has 0 amide bonds. The Morgan fingerprint density at radius 2 is 1.95 bits per heavy atom. The first-order chi connectivity index (χ1) is 9.79. The zero-order valence-corrected chi connectivity index (χ0v) is 12.4. The Morgan fingerprint density at radius 1 is 1.24 bits per heavy atom. The average molecular weight is 384 g/mol. The number of anilines is 1. The molecule has 0 atom stereocenters. The number of nitrogens with two attached hydrogens (primary N) is 1. The van der Waals surface area contributed by atoms with Gasteiger partial charge in [-0.25, -0.2) is 10.8 Å². The predicted molar refractivity (Wildman–Crippen MR) is 74.1 cm³/mol. The van der Waals surface area contributed by atoms with E-state index in [1.165, 1.54) is 12.1 Å². The number of aromatic nitrogens is 2. The van der Waals surface area contributed by atoms with Gasteiger partial charge in [-0.2, -0.15) is 18.2 Å². The zero-order chi connectivity index (χ0) is 15.6. The molecule has 0 saturated carbocycles. The lowest BCUT2D eigenvalue weighted by Crippen LogP contribution is -2.15. The number of nitrogens with zero attached hydrogens (tertiary/aromatic N) is 2. The lowest BCUT2D eigenvalue weighted by molar-refractivity contribution is -0.141. The molecule has 0 radical (unpaired) electrons. The maximum Gasteiger partial charge on any atom is 0.433 e. The molecule has 0 saturated heterocycles. The van der Waals surface area contributed by atoms with E-state index in [9.17, 15) is 13.2 Å². The topological polar surface area (TPSA) is 73.1 Å². The van der Waals surface area contributed by atoms with Crippen molar-refractivity contribution < 1.29 is 17.9 Å². The first-order valence-corrected chi connectivity index (χ1v) is 6.52. The first-order valence-electron chi connectivity index (χ1n) is 5.35. The molecule has 5 nitrogen and oxygen atoms in total. The fourth-order valence-corrected chi connectivity index (χ4v) is 2.07. The van der Waals surface area contributed by atoms with E-state index in [0.717, 1.165) is 0 Å². The van der Waals surface area contributed by atoms with Crippen molar-refractivity contribution in [2.75, 3.05) is 5.43 Å². The number of nitrogen functional groups attached to an aromatic ring is 1. The van der Waals surface area contributed by atoms with Gasteiger partial charge in [0.25, 0.3) is 0 Å². The van der Waals surface area contributed by atoms with Crippen molar-refractivity contribution in [3.63, 3.8) is 0 Å². The molecule has 21 heavy (non-hydrogen) atoms. The van der Waals surface area contributed by atoms with Crippen LogP contribution in [0.5, 0.6) is 11.6 Å². The van der Waals surface area contributed by atoms with Crippen LogP contribution >= 0.6 is 27.5 Å². The van der Waals surface area contributed by atoms with Crippen molar-refractivity contribution in [3.05, 3.63) is 39.5 Å². The Balaban J connectivity index is 2.39. The van der Waals surface area contributed by atoms with E-state index in [1.54, 1.807) is 6.07 Å². The Labute approximate surface area is 130 Å². The highest BCUT2D eigenvalue weighted by atomic mass is 79.9. The number of hydrazine groups is 1. The summed E-state index contributed by atoms with van der Waals surface area (Å²) in [6.45, 7) is 0. The average Bonchev–Trinajstić information content (AvgIpc) is 2.40. The Morgan fingerprint density at radius 3 is 2.52 bits per heavy atom. The summed E-state index contributed by atoms with van der Waals surface area (Å²) in [7, 11) is 0. The van der Waals surface area contributed by atoms with Gasteiger partial charge in [0.2, 0.25) is 11.8 Å². The van der Waals surface area contributed by atoms with E-state index in [2.05, 4.69) is 25.9 Å². The van der Waals surface area contributed by atoms with Crippen molar-refractivity contribution in [2.45, 2.75) is 6.18 Å². The molecule has 0 fully saturated rings. The van der Waals surface area contributed by atoms with Gasteiger partial charge < -0.3 is 4.74 Å². The summed E-state index contributed by atoms with van der Waals surface area (Å²) in [6, 6.07) is 5.29. The summed E-state index contributed by atoms with van der Waals surface area (Å²) in [5.74, 6) is 4.43. The highest BCUT2D eigenvalue weighted by molar-refractivity contribution is 9.10. The van der Waals surface area contributed by atoms with Crippen LogP contribution in [0.3, 0.4) is 0 Å². The fraction of sp³-hybridized carbons (Fsp3) is 0.0909. The number of halogens is 5. The van der Waals surface area contributed by atoms with E-state index in [-0.39, 0.29) is 16.7 Å². The smallest absolute Gasteiger partial charge is 0.433 e. The number of alkyl halides is 3. The largest absolute Gasteiger partial charge is 0.437 e. The molecule has 2 aromatic rings. The molecule has 0 bridgehead atoms. The summed E-state index contributed by atoms with van der Waals surface area (Å²) in [4.78, 5) is 6.89. The van der Waals surface area contributed by atoms with Gasteiger partial charge in [-0.05, 0) is 18.2 Å². The molecule has 1 heterocycles. The van der Waals surface area contributed by atoms with Crippen molar-refractivity contribution >= 4 is 33.5 Å². The van der Waals surface area contributed by atoms with Crippen LogP contribution < -0.4 is 16.0 Å². The normalized spacial score (nSPS) is 11.3. The second-order valence-electron chi connectivity index (χ2n) is 3.73. The number of rotatable bonds is 3. The van der Waals surface area contributed by atoms with Gasteiger partial charge in [0.15, 0.2) is 5.69 Å². The third-order valence-corrected chi connectivity index (χ3v) is 3.02. The maximum absolute atomic E-state index is 12.7. The van der Waals surface area contributed by atoms with Gasteiger partial charge in [-0.15, -0.1) is 0 Å². The number of nitrogens with one attached hydrogen (secondary N) is 1. The van der Waals surface area contributed by atoms with E-state index in [4.69, 9.17) is 22.2 Å². The summed E-state index contributed by atoms with van der Waals surface area (Å²) in [6.07, 6.45) is -4.66. The lowest BCUT2D eigenvalue weighted by Gasteiger charge is -2.11. The monoisotopic (exact) mass is 382 g/mol. The minimum absolute atomic E-state index is 0.148. The summed E-state index contributed by atoms with van der Waals surface area (Å²) in [5.41, 5.74) is 0.760. The van der Waals surface area contributed by atoms with Crippen LogP contribution in [0.4, 0.5) is 19.1 Å². The van der Waals surface area contributed by atoms with E-state index in [1.807, 2.05) is 5.43 Å². The highest BCUT2D eigenvalue weighted by Crippen LogP contribution is 2.34. The van der Waals surface area contributed by atoms with Crippen LogP contribution in [0.25, 0.3) is 0 Å². The first kappa shape index (κ1) is 15.8. The Hall–Kier alpha value is -1.58. The van der Waals surface area contributed by atoms with Crippen molar-refractivity contribution in [1.82, 2.24) is 9.97 Å². The second kappa shape index (κ2) is 6.04.